The monoisotopic (exact) mass is 739 g/mol. The van der Waals surface area contributed by atoms with Crippen molar-refractivity contribution in [2.24, 2.45) is 11.7 Å². The summed E-state index contributed by atoms with van der Waals surface area (Å²) in [5, 5.41) is 8.45. The molecule has 5 aromatic rings. The first kappa shape index (κ1) is 38.2. The molecule has 0 fully saturated rings. The summed E-state index contributed by atoms with van der Waals surface area (Å²) in [6.07, 6.45) is 1.94. The Morgan fingerprint density at radius 2 is 1.65 bits per heavy atom. The fraction of sp³-hybridized carbons (Fsp3) is 0.357. The Hall–Kier alpha value is -5.52. The first-order chi connectivity index (χ1) is 25.6. The number of ether oxygens (including phenoxy) is 1. The summed E-state index contributed by atoms with van der Waals surface area (Å²) in [4.78, 5) is 33.7. The quantitative estimate of drug-likeness (QED) is 0.143. The molecule has 0 radical (unpaired) electrons. The van der Waals surface area contributed by atoms with E-state index in [1.165, 1.54) is 18.2 Å². The molecule has 0 saturated carbocycles. The minimum atomic E-state index is -1.00. The standard InChI is InChI=1S/C42H44F3N5O4/c1-23(2)19-34-37(39(46)51)36(38(40-49-48-24(3)53-40)33(47-34)17-10-25-7-13-29(43)14-8-25)28-11-15-30-27(21-28)12-18-35(30)50(41(52)54-42(4,5)6)22-26-9-16-31(44)32(45)20-26/h7-9,11,13-16,20-21,23,35H,10,12,17-19,22H2,1-6H3,(H2,46,51). The highest BCUT2D eigenvalue weighted by molar-refractivity contribution is 6.05. The molecule has 0 bridgehead atoms. The van der Waals surface area contributed by atoms with Crippen LogP contribution in [0.2, 0.25) is 0 Å². The van der Waals surface area contributed by atoms with Gasteiger partial charge in [-0.25, -0.2) is 18.0 Å². The van der Waals surface area contributed by atoms with Crippen molar-refractivity contribution in [1.82, 2.24) is 20.1 Å². The van der Waals surface area contributed by atoms with Crippen molar-refractivity contribution in [3.63, 3.8) is 0 Å². The van der Waals surface area contributed by atoms with Crippen molar-refractivity contribution >= 4 is 12.0 Å². The van der Waals surface area contributed by atoms with Crippen LogP contribution in [0.5, 0.6) is 0 Å². The molecule has 1 unspecified atom stereocenters. The van der Waals surface area contributed by atoms with Crippen LogP contribution < -0.4 is 5.73 Å². The second-order valence-corrected chi connectivity index (χ2v) is 15.2. The lowest BCUT2D eigenvalue weighted by atomic mass is 9.87. The van der Waals surface area contributed by atoms with Crippen LogP contribution >= 0.6 is 0 Å². The van der Waals surface area contributed by atoms with E-state index in [2.05, 4.69) is 10.2 Å². The average molecular weight is 740 g/mol. The fourth-order valence-electron chi connectivity index (χ4n) is 7.03. The van der Waals surface area contributed by atoms with Crippen LogP contribution in [0.1, 0.15) is 97.0 Å². The molecule has 1 aliphatic rings. The van der Waals surface area contributed by atoms with E-state index in [9.17, 15) is 22.8 Å². The molecule has 282 valence electrons. The Morgan fingerprint density at radius 1 is 0.926 bits per heavy atom. The van der Waals surface area contributed by atoms with Gasteiger partial charge in [-0.3, -0.25) is 14.7 Å². The van der Waals surface area contributed by atoms with Crippen LogP contribution in [0.4, 0.5) is 18.0 Å². The van der Waals surface area contributed by atoms with Gasteiger partial charge in [-0.15, -0.1) is 10.2 Å². The molecule has 3 aromatic carbocycles. The van der Waals surface area contributed by atoms with Crippen molar-refractivity contribution < 1.29 is 31.9 Å². The van der Waals surface area contributed by atoms with E-state index in [0.717, 1.165) is 28.8 Å². The largest absolute Gasteiger partial charge is 0.444 e. The van der Waals surface area contributed by atoms with Gasteiger partial charge in [-0.05, 0) is 111 Å². The molecular formula is C42H44F3N5O4. The minimum absolute atomic E-state index is 0.00914. The predicted molar refractivity (Wildman–Crippen MR) is 198 cm³/mol. The molecule has 0 spiro atoms. The number of hydrogen-bond donors (Lipinski definition) is 1. The zero-order valence-corrected chi connectivity index (χ0v) is 31.3. The molecule has 0 saturated heterocycles. The average Bonchev–Trinajstić information content (AvgIpc) is 3.72. The van der Waals surface area contributed by atoms with E-state index in [4.69, 9.17) is 19.9 Å². The summed E-state index contributed by atoms with van der Waals surface area (Å²) in [7, 11) is 0. The molecular weight excluding hydrogens is 695 g/mol. The number of nitrogens with two attached hydrogens (primary N) is 1. The highest BCUT2D eigenvalue weighted by atomic mass is 19.2. The third-order valence-corrected chi connectivity index (χ3v) is 9.32. The highest BCUT2D eigenvalue weighted by Gasteiger charge is 2.35. The van der Waals surface area contributed by atoms with E-state index in [1.807, 2.05) is 32.0 Å². The SMILES string of the molecule is Cc1nnc(-c2c(CCc3ccc(F)cc3)nc(CC(C)C)c(C(N)=O)c2-c2ccc3c(c2)CCC3N(Cc2ccc(F)c(F)c2)C(=O)OC(C)(C)C)o1. The maximum atomic E-state index is 14.3. The Morgan fingerprint density at radius 3 is 2.28 bits per heavy atom. The number of rotatable bonds is 11. The lowest BCUT2D eigenvalue weighted by Gasteiger charge is -2.32. The Kier molecular flexibility index (Phi) is 10.9. The second kappa shape index (κ2) is 15.5. The van der Waals surface area contributed by atoms with E-state index < -0.39 is 35.3 Å². The molecule has 2 amide bonds. The Balaban J connectivity index is 1.49. The number of fused-ring (bicyclic) bond motifs is 1. The minimum Gasteiger partial charge on any atom is -0.444 e. The maximum absolute atomic E-state index is 14.3. The van der Waals surface area contributed by atoms with Crippen LogP contribution in [0.15, 0.2) is 65.1 Å². The van der Waals surface area contributed by atoms with Gasteiger partial charge in [-0.2, -0.15) is 0 Å². The summed E-state index contributed by atoms with van der Waals surface area (Å²) in [5.74, 6) is -2.31. The predicted octanol–water partition coefficient (Wildman–Crippen LogP) is 9.03. The van der Waals surface area contributed by atoms with Gasteiger partial charge in [0.25, 0.3) is 5.91 Å². The topological polar surface area (TPSA) is 124 Å². The fourth-order valence-corrected chi connectivity index (χ4v) is 7.03. The summed E-state index contributed by atoms with van der Waals surface area (Å²) in [6.45, 7) is 11.0. The van der Waals surface area contributed by atoms with E-state index >= 15 is 0 Å². The molecule has 0 aliphatic heterocycles. The number of aromatic nitrogens is 3. The lowest BCUT2D eigenvalue weighted by molar-refractivity contribution is 0.0136. The Bertz CT molecular complexity index is 2190. The summed E-state index contributed by atoms with van der Waals surface area (Å²) < 4.78 is 53.6. The van der Waals surface area contributed by atoms with Gasteiger partial charge >= 0.3 is 6.09 Å². The number of aryl methyl sites for hydroxylation is 4. The van der Waals surface area contributed by atoms with Crippen LogP contribution in [0, 0.1) is 30.3 Å². The first-order valence-corrected chi connectivity index (χ1v) is 18.0. The molecule has 2 aromatic heterocycles. The molecule has 2 heterocycles. The third-order valence-electron chi connectivity index (χ3n) is 9.32. The van der Waals surface area contributed by atoms with Gasteiger partial charge in [0.15, 0.2) is 11.6 Å². The van der Waals surface area contributed by atoms with Crippen molar-refractivity contribution in [1.29, 1.82) is 0 Å². The normalized spacial score (nSPS) is 14.0. The van der Waals surface area contributed by atoms with Gasteiger partial charge in [0.2, 0.25) is 11.8 Å². The molecule has 12 heteroatoms. The van der Waals surface area contributed by atoms with Crippen molar-refractivity contribution in [3.05, 3.63) is 123 Å². The van der Waals surface area contributed by atoms with Gasteiger partial charge in [-0.1, -0.05) is 50.2 Å². The number of amides is 2. The number of nitrogens with zero attached hydrogens (tertiary/aromatic N) is 4. The lowest BCUT2D eigenvalue weighted by Crippen LogP contribution is -2.38. The number of halogens is 3. The van der Waals surface area contributed by atoms with Crippen LogP contribution in [-0.4, -0.2) is 37.7 Å². The van der Waals surface area contributed by atoms with Crippen LogP contribution in [-0.2, 0) is 37.0 Å². The van der Waals surface area contributed by atoms with Crippen LogP contribution in [0.25, 0.3) is 22.6 Å². The van der Waals surface area contributed by atoms with Gasteiger partial charge in [0.1, 0.15) is 11.4 Å². The van der Waals surface area contributed by atoms with E-state index in [1.54, 1.807) is 44.7 Å². The van der Waals surface area contributed by atoms with Gasteiger partial charge in [0.05, 0.1) is 28.6 Å². The molecule has 54 heavy (non-hydrogen) atoms. The first-order valence-electron chi connectivity index (χ1n) is 18.0. The summed E-state index contributed by atoms with van der Waals surface area (Å²) in [6, 6.07) is 15.2. The molecule has 1 aliphatic carbocycles. The van der Waals surface area contributed by atoms with E-state index in [-0.39, 0.29) is 29.7 Å². The number of primary amides is 1. The van der Waals surface area contributed by atoms with Gasteiger partial charge < -0.3 is 14.9 Å². The van der Waals surface area contributed by atoms with Gasteiger partial charge in [0, 0.05) is 19.0 Å². The number of carbonyl (C=O) groups is 2. The number of pyridine rings is 1. The van der Waals surface area contributed by atoms with Crippen molar-refractivity contribution in [3.8, 4) is 22.6 Å². The summed E-state index contributed by atoms with van der Waals surface area (Å²) in [5.41, 5.74) is 11.6. The third kappa shape index (κ3) is 8.48. The van der Waals surface area contributed by atoms with Crippen LogP contribution in [0.3, 0.4) is 0 Å². The second-order valence-electron chi connectivity index (χ2n) is 15.2. The smallest absolute Gasteiger partial charge is 0.411 e. The number of hydrogen-bond acceptors (Lipinski definition) is 7. The molecule has 6 rings (SSSR count). The maximum Gasteiger partial charge on any atom is 0.411 e. The van der Waals surface area contributed by atoms with Crippen molar-refractivity contribution in [2.45, 2.75) is 91.8 Å². The number of benzene rings is 3. The molecule has 1 atom stereocenters. The zero-order valence-electron chi connectivity index (χ0n) is 31.3. The zero-order chi connectivity index (χ0) is 38.9. The molecule has 2 N–H and O–H groups in total. The number of carbonyl (C=O) groups excluding carboxylic acids is 2. The summed E-state index contributed by atoms with van der Waals surface area (Å²) >= 11 is 0. The molecule has 9 nitrogen and oxygen atoms in total. The Labute approximate surface area is 312 Å². The highest BCUT2D eigenvalue weighted by Crippen LogP contribution is 2.43. The van der Waals surface area contributed by atoms with Crippen molar-refractivity contribution in [2.75, 3.05) is 0 Å². The van der Waals surface area contributed by atoms with E-state index in [0.29, 0.717) is 71.6 Å².